The van der Waals surface area contributed by atoms with Crippen LogP contribution in [0.3, 0.4) is 0 Å². The van der Waals surface area contributed by atoms with Crippen molar-refractivity contribution in [3.63, 3.8) is 0 Å². The molecule has 2 amide bonds. The smallest absolute Gasteiger partial charge is 0.238 e. The summed E-state index contributed by atoms with van der Waals surface area (Å²) in [7, 11) is 4.04. The maximum absolute atomic E-state index is 12.4. The summed E-state index contributed by atoms with van der Waals surface area (Å²) in [6.07, 6.45) is 0.167. The van der Waals surface area contributed by atoms with E-state index in [4.69, 9.17) is 0 Å². The number of benzene rings is 2. The SMILES string of the molecule is CN(C)Cc1ccccc1CNC(=O)C[C@H]1Sc2ccccc2NC1=O. The van der Waals surface area contributed by atoms with Gasteiger partial charge in [0.15, 0.2) is 0 Å². The molecule has 1 heterocycles. The fourth-order valence-corrected chi connectivity index (χ4v) is 4.00. The average molecular weight is 369 g/mol. The van der Waals surface area contributed by atoms with E-state index in [1.807, 2.05) is 56.6 Å². The minimum atomic E-state index is -0.401. The van der Waals surface area contributed by atoms with Gasteiger partial charge in [0.1, 0.15) is 0 Å². The number of anilines is 1. The Kier molecular flexibility index (Phi) is 5.96. The highest BCUT2D eigenvalue weighted by atomic mass is 32.2. The van der Waals surface area contributed by atoms with Gasteiger partial charge in [0, 0.05) is 24.4 Å². The van der Waals surface area contributed by atoms with Crippen molar-refractivity contribution >= 4 is 29.3 Å². The fourth-order valence-electron chi connectivity index (χ4n) is 2.89. The highest BCUT2D eigenvalue weighted by Crippen LogP contribution is 2.36. The zero-order chi connectivity index (χ0) is 18.5. The molecule has 1 atom stereocenters. The third-order valence-corrected chi connectivity index (χ3v) is 5.43. The van der Waals surface area contributed by atoms with E-state index >= 15 is 0 Å². The molecular weight excluding hydrogens is 346 g/mol. The van der Waals surface area contributed by atoms with Crippen LogP contribution in [0.4, 0.5) is 5.69 Å². The zero-order valence-electron chi connectivity index (χ0n) is 15.0. The first-order valence-corrected chi connectivity index (χ1v) is 9.45. The van der Waals surface area contributed by atoms with Crippen LogP contribution in [0.1, 0.15) is 17.5 Å². The molecule has 0 aromatic heterocycles. The lowest BCUT2D eigenvalue weighted by Crippen LogP contribution is -2.34. The molecule has 2 aromatic carbocycles. The summed E-state index contributed by atoms with van der Waals surface area (Å²) in [6.45, 7) is 1.29. The van der Waals surface area contributed by atoms with Gasteiger partial charge >= 0.3 is 0 Å². The van der Waals surface area contributed by atoms with E-state index in [1.165, 1.54) is 17.3 Å². The number of nitrogens with zero attached hydrogens (tertiary/aromatic N) is 1. The summed E-state index contributed by atoms with van der Waals surface area (Å²) in [5.74, 6) is -0.228. The molecular formula is C20H23N3O2S. The van der Waals surface area contributed by atoms with Gasteiger partial charge in [0.2, 0.25) is 11.8 Å². The largest absolute Gasteiger partial charge is 0.352 e. The van der Waals surface area contributed by atoms with Crippen molar-refractivity contribution in [3.8, 4) is 0 Å². The maximum Gasteiger partial charge on any atom is 0.238 e. The summed E-state index contributed by atoms with van der Waals surface area (Å²) in [5.41, 5.74) is 3.11. The minimum Gasteiger partial charge on any atom is -0.352 e. The van der Waals surface area contributed by atoms with Gasteiger partial charge in [-0.2, -0.15) is 0 Å². The third kappa shape index (κ3) is 4.65. The Morgan fingerprint density at radius 2 is 1.81 bits per heavy atom. The average Bonchev–Trinajstić information content (AvgIpc) is 2.61. The topological polar surface area (TPSA) is 61.4 Å². The molecule has 2 aromatic rings. The number of carbonyl (C=O) groups is 2. The number of hydrogen-bond acceptors (Lipinski definition) is 4. The van der Waals surface area contributed by atoms with Gasteiger partial charge in [-0.1, -0.05) is 36.4 Å². The second-order valence-electron chi connectivity index (χ2n) is 6.58. The molecule has 0 radical (unpaired) electrons. The molecule has 6 heteroatoms. The molecule has 0 aliphatic carbocycles. The molecule has 136 valence electrons. The Morgan fingerprint density at radius 1 is 1.12 bits per heavy atom. The summed E-state index contributed by atoms with van der Waals surface area (Å²) in [5, 5.41) is 5.43. The van der Waals surface area contributed by atoms with Crippen LogP contribution in [0, 0.1) is 0 Å². The summed E-state index contributed by atoms with van der Waals surface area (Å²) in [4.78, 5) is 27.7. The minimum absolute atomic E-state index is 0.114. The van der Waals surface area contributed by atoms with E-state index in [1.54, 1.807) is 0 Å². The van der Waals surface area contributed by atoms with Gasteiger partial charge in [-0.05, 0) is 37.4 Å². The first-order valence-electron chi connectivity index (χ1n) is 8.57. The van der Waals surface area contributed by atoms with Gasteiger partial charge in [0.25, 0.3) is 0 Å². The van der Waals surface area contributed by atoms with E-state index in [2.05, 4.69) is 21.6 Å². The Hall–Kier alpha value is -2.31. The van der Waals surface area contributed by atoms with Crippen LogP contribution >= 0.6 is 11.8 Å². The maximum atomic E-state index is 12.4. The normalized spacial score (nSPS) is 16.1. The highest BCUT2D eigenvalue weighted by Gasteiger charge is 2.28. The zero-order valence-corrected chi connectivity index (χ0v) is 15.8. The van der Waals surface area contributed by atoms with Gasteiger partial charge < -0.3 is 15.5 Å². The van der Waals surface area contributed by atoms with Crippen LogP contribution in [0.5, 0.6) is 0 Å². The van der Waals surface area contributed by atoms with Crippen molar-refractivity contribution < 1.29 is 9.59 Å². The molecule has 5 nitrogen and oxygen atoms in total. The molecule has 2 N–H and O–H groups in total. The predicted octanol–water partition coefficient (Wildman–Crippen LogP) is 2.87. The van der Waals surface area contributed by atoms with Crippen molar-refractivity contribution in [2.45, 2.75) is 29.7 Å². The van der Waals surface area contributed by atoms with Crippen LogP contribution in [-0.2, 0) is 22.7 Å². The number of fused-ring (bicyclic) bond motifs is 1. The second kappa shape index (κ2) is 8.38. The molecule has 0 saturated carbocycles. The standard InChI is InChI=1S/C20H23N3O2S/c1-23(2)13-15-8-4-3-7-14(15)12-21-19(24)11-18-20(25)22-16-9-5-6-10-17(16)26-18/h3-10,18H,11-13H2,1-2H3,(H,21,24)(H,22,25)/t18-/m1/s1. The molecule has 0 fully saturated rings. The summed E-state index contributed by atoms with van der Waals surface area (Å²) >= 11 is 1.45. The monoisotopic (exact) mass is 369 g/mol. The molecule has 1 aliphatic rings. The Labute approximate surface area is 158 Å². The number of nitrogens with one attached hydrogen (secondary N) is 2. The first kappa shape index (κ1) is 18.5. The number of rotatable bonds is 6. The van der Waals surface area contributed by atoms with Crippen molar-refractivity contribution in [3.05, 3.63) is 59.7 Å². The van der Waals surface area contributed by atoms with Crippen molar-refractivity contribution in [1.82, 2.24) is 10.2 Å². The summed E-state index contributed by atoms with van der Waals surface area (Å²) in [6, 6.07) is 15.7. The second-order valence-corrected chi connectivity index (χ2v) is 7.82. The van der Waals surface area contributed by atoms with E-state index in [9.17, 15) is 9.59 Å². The van der Waals surface area contributed by atoms with Crippen LogP contribution in [0.2, 0.25) is 0 Å². The Bertz CT molecular complexity index is 807. The van der Waals surface area contributed by atoms with Crippen LogP contribution in [0.15, 0.2) is 53.4 Å². The Morgan fingerprint density at radius 3 is 2.58 bits per heavy atom. The van der Waals surface area contributed by atoms with Gasteiger partial charge in [-0.25, -0.2) is 0 Å². The Balaban J connectivity index is 1.58. The molecule has 3 rings (SSSR count). The quantitative estimate of drug-likeness (QED) is 0.822. The molecule has 0 unspecified atom stereocenters. The van der Waals surface area contributed by atoms with Crippen molar-refractivity contribution in [1.29, 1.82) is 0 Å². The van der Waals surface area contributed by atoms with Crippen LogP contribution < -0.4 is 10.6 Å². The molecule has 0 bridgehead atoms. The van der Waals surface area contributed by atoms with Crippen LogP contribution in [-0.4, -0.2) is 36.1 Å². The number of thioether (sulfide) groups is 1. The first-order chi connectivity index (χ1) is 12.5. The lowest BCUT2D eigenvalue weighted by Gasteiger charge is -2.23. The van der Waals surface area contributed by atoms with Crippen molar-refractivity contribution in [2.24, 2.45) is 0 Å². The van der Waals surface area contributed by atoms with E-state index < -0.39 is 5.25 Å². The lowest BCUT2D eigenvalue weighted by atomic mass is 10.1. The molecule has 1 aliphatic heterocycles. The number of para-hydroxylation sites is 1. The molecule has 26 heavy (non-hydrogen) atoms. The lowest BCUT2D eigenvalue weighted by molar-refractivity contribution is -0.124. The highest BCUT2D eigenvalue weighted by molar-refractivity contribution is 8.01. The van der Waals surface area contributed by atoms with E-state index in [0.717, 1.165) is 22.7 Å². The number of carbonyl (C=O) groups excluding carboxylic acids is 2. The predicted molar refractivity (Wildman–Crippen MR) is 105 cm³/mol. The number of amides is 2. The van der Waals surface area contributed by atoms with E-state index in [0.29, 0.717) is 6.54 Å². The van der Waals surface area contributed by atoms with Crippen molar-refractivity contribution in [2.75, 3.05) is 19.4 Å². The van der Waals surface area contributed by atoms with Gasteiger partial charge in [-0.3, -0.25) is 9.59 Å². The number of hydrogen-bond donors (Lipinski definition) is 2. The van der Waals surface area contributed by atoms with Gasteiger partial charge in [-0.15, -0.1) is 11.8 Å². The van der Waals surface area contributed by atoms with E-state index in [-0.39, 0.29) is 18.2 Å². The molecule has 0 spiro atoms. The van der Waals surface area contributed by atoms with Crippen LogP contribution in [0.25, 0.3) is 0 Å². The molecule has 0 saturated heterocycles. The van der Waals surface area contributed by atoms with Gasteiger partial charge in [0.05, 0.1) is 10.9 Å². The summed E-state index contributed by atoms with van der Waals surface area (Å²) < 4.78 is 0. The fraction of sp³-hybridized carbons (Fsp3) is 0.300. The third-order valence-electron chi connectivity index (χ3n) is 4.16.